The second kappa shape index (κ2) is 9.17. The molecule has 0 saturated carbocycles. The lowest BCUT2D eigenvalue weighted by Crippen LogP contribution is -2.32. The van der Waals surface area contributed by atoms with Gasteiger partial charge in [0.25, 0.3) is 11.8 Å². The lowest BCUT2D eigenvalue weighted by atomic mass is 10.1. The van der Waals surface area contributed by atoms with Crippen molar-refractivity contribution in [2.45, 2.75) is 32.4 Å². The van der Waals surface area contributed by atoms with Crippen molar-refractivity contribution in [1.29, 1.82) is 0 Å². The number of aromatic nitrogens is 4. The van der Waals surface area contributed by atoms with E-state index in [1.807, 2.05) is 24.3 Å². The van der Waals surface area contributed by atoms with Crippen LogP contribution in [0.1, 0.15) is 56.7 Å². The van der Waals surface area contributed by atoms with Gasteiger partial charge >= 0.3 is 0 Å². The van der Waals surface area contributed by atoms with Crippen molar-refractivity contribution in [3.05, 3.63) is 71.1 Å². The van der Waals surface area contributed by atoms with Crippen molar-refractivity contribution in [1.82, 2.24) is 30.0 Å². The average Bonchev–Trinajstić information content (AvgIpc) is 3.46. The summed E-state index contributed by atoms with van der Waals surface area (Å²) in [5, 5.41) is 6.99. The molecule has 0 aliphatic carbocycles. The van der Waals surface area contributed by atoms with Crippen LogP contribution in [0.2, 0.25) is 0 Å². The van der Waals surface area contributed by atoms with Crippen LogP contribution in [0.15, 0.2) is 42.9 Å². The Balaban J connectivity index is 1.47. The summed E-state index contributed by atoms with van der Waals surface area (Å²) in [6.07, 6.45) is 6.48. The van der Waals surface area contributed by atoms with Gasteiger partial charge in [0.15, 0.2) is 5.82 Å². The Morgan fingerprint density at radius 1 is 1.25 bits per heavy atom. The van der Waals surface area contributed by atoms with E-state index in [-0.39, 0.29) is 17.9 Å². The van der Waals surface area contributed by atoms with E-state index in [4.69, 9.17) is 4.74 Å². The van der Waals surface area contributed by atoms with E-state index in [1.54, 1.807) is 49.3 Å². The van der Waals surface area contributed by atoms with Gasteiger partial charge in [0, 0.05) is 38.1 Å². The van der Waals surface area contributed by atoms with Crippen LogP contribution in [0.3, 0.4) is 0 Å². The molecule has 4 rings (SSSR count). The molecule has 1 atom stereocenters. The fourth-order valence-electron chi connectivity index (χ4n) is 3.96. The van der Waals surface area contributed by atoms with Gasteiger partial charge in [0.2, 0.25) is 0 Å². The van der Waals surface area contributed by atoms with Crippen molar-refractivity contribution in [2.75, 3.05) is 13.7 Å². The zero-order valence-electron chi connectivity index (χ0n) is 18.4. The van der Waals surface area contributed by atoms with Crippen LogP contribution >= 0.6 is 0 Å². The molecule has 0 spiro atoms. The second-order valence-electron chi connectivity index (χ2n) is 7.78. The minimum Gasteiger partial charge on any atom is -0.496 e. The van der Waals surface area contributed by atoms with Gasteiger partial charge in [-0.15, -0.1) is 0 Å². The van der Waals surface area contributed by atoms with Gasteiger partial charge in [-0.2, -0.15) is 5.10 Å². The number of likely N-dealkylation sites (tertiary alicyclic amines) is 1. The number of carbonyl (C=O) groups excluding carboxylic acids is 2. The molecule has 1 aromatic carbocycles. The summed E-state index contributed by atoms with van der Waals surface area (Å²) in [5.41, 5.74) is 2.41. The van der Waals surface area contributed by atoms with Gasteiger partial charge in [-0.1, -0.05) is 18.2 Å². The first-order valence-electron chi connectivity index (χ1n) is 10.5. The quantitative estimate of drug-likeness (QED) is 0.639. The molecule has 1 N–H and O–H groups in total. The zero-order chi connectivity index (χ0) is 22.7. The molecule has 32 heavy (non-hydrogen) atoms. The topological polar surface area (TPSA) is 102 Å². The number of nitrogens with zero attached hydrogens (tertiary/aromatic N) is 5. The maximum Gasteiger partial charge on any atom is 0.257 e. The predicted molar refractivity (Wildman–Crippen MR) is 117 cm³/mol. The fourth-order valence-corrected chi connectivity index (χ4v) is 3.96. The predicted octanol–water partition coefficient (Wildman–Crippen LogP) is 2.43. The molecule has 166 valence electrons. The Morgan fingerprint density at radius 2 is 2.06 bits per heavy atom. The molecular weight excluding hydrogens is 408 g/mol. The maximum atomic E-state index is 12.9. The number of carbonyl (C=O) groups is 2. The van der Waals surface area contributed by atoms with Crippen LogP contribution in [0.5, 0.6) is 5.75 Å². The second-order valence-corrected chi connectivity index (χ2v) is 7.78. The van der Waals surface area contributed by atoms with Gasteiger partial charge in [-0.3, -0.25) is 14.3 Å². The van der Waals surface area contributed by atoms with Crippen LogP contribution in [0.25, 0.3) is 0 Å². The van der Waals surface area contributed by atoms with Crippen molar-refractivity contribution in [2.24, 2.45) is 7.05 Å². The highest BCUT2D eigenvalue weighted by Gasteiger charge is 2.33. The Bertz CT molecular complexity index is 1140. The molecular formula is C23H26N6O3. The van der Waals surface area contributed by atoms with Crippen molar-refractivity contribution in [3.8, 4) is 5.75 Å². The summed E-state index contributed by atoms with van der Waals surface area (Å²) in [6.45, 7) is 2.76. The molecule has 1 aliphatic rings. The Morgan fingerprint density at radius 3 is 2.78 bits per heavy atom. The Labute approximate surface area is 186 Å². The van der Waals surface area contributed by atoms with E-state index in [2.05, 4.69) is 20.4 Å². The normalized spacial score (nSPS) is 15.6. The number of benzene rings is 1. The van der Waals surface area contributed by atoms with E-state index in [1.165, 1.54) is 0 Å². The van der Waals surface area contributed by atoms with Crippen LogP contribution in [0.4, 0.5) is 0 Å². The third-order valence-corrected chi connectivity index (χ3v) is 5.64. The summed E-state index contributed by atoms with van der Waals surface area (Å²) in [4.78, 5) is 36.5. The molecule has 2 aromatic heterocycles. The van der Waals surface area contributed by atoms with Gasteiger partial charge in [-0.05, 0) is 25.8 Å². The smallest absolute Gasteiger partial charge is 0.257 e. The minimum atomic E-state index is -0.255. The summed E-state index contributed by atoms with van der Waals surface area (Å²) in [7, 11) is 3.38. The molecule has 0 bridgehead atoms. The number of methoxy groups -OCH3 is 1. The first kappa shape index (κ1) is 21.5. The van der Waals surface area contributed by atoms with Gasteiger partial charge in [-0.25, -0.2) is 9.97 Å². The maximum absolute atomic E-state index is 12.9. The molecule has 9 heteroatoms. The fraction of sp³-hybridized carbons (Fsp3) is 0.348. The molecule has 0 unspecified atom stereocenters. The van der Waals surface area contributed by atoms with E-state index in [0.29, 0.717) is 35.7 Å². The van der Waals surface area contributed by atoms with Crippen LogP contribution in [0, 0.1) is 6.92 Å². The number of para-hydroxylation sites is 1. The SMILES string of the molecule is COc1ccccc1CNC(=O)c1cnc([C@H]2CCCN2C(=O)c2cnn(C)c2)nc1C. The molecule has 1 fully saturated rings. The average molecular weight is 435 g/mol. The monoisotopic (exact) mass is 434 g/mol. The lowest BCUT2D eigenvalue weighted by Gasteiger charge is -2.23. The number of hydrogen-bond acceptors (Lipinski definition) is 6. The Hall–Kier alpha value is -3.75. The third kappa shape index (κ3) is 4.32. The molecule has 3 heterocycles. The first-order chi connectivity index (χ1) is 15.5. The van der Waals surface area contributed by atoms with Crippen LogP contribution in [-0.2, 0) is 13.6 Å². The zero-order valence-corrected chi connectivity index (χ0v) is 18.4. The number of ether oxygens (including phenoxy) is 1. The largest absolute Gasteiger partial charge is 0.496 e. The minimum absolute atomic E-state index is 0.0829. The van der Waals surface area contributed by atoms with E-state index >= 15 is 0 Å². The van der Waals surface area contributed by atoms with Gasteiger partial charge in [0.05, 0.1) is 36.2 Å². The summed E-state index contributed by atoms with van der Waals surface area (Å²) in [6, 6.07) is 7.32. The highest BCUT2D eigenvalue weighted by atomic mass is 16.5. The van der Waals surface area contributed by atoms with Crippen LogP contribution in [-0.4, -0.2) is 50.1 Å². The number of aryl methyl sites for hydroxylation is 2. The van der Waals surface area contributed by atoms with Crippen LogP contribution < -0.4 is 10.1 Å². The summed E-state index contributed by atoms with van der Waals surface area (Å²) < 4.78 is 6.94. The highest BCUT2D eigenvalue weighted by molar-refractivity contribution is 5.95. The van der Waals surface area contributed by atoms with Gasteiger partial charge in [0.1, 0.15) is 5.75 Å². The standard InChI is InChI=1S/C23H26N6O3/c1-15-18(22(30)25-11-16-7-4-5-9-20(16)32-3)13-24-21(27-15)19-8-6-10-29(19)23(31)17-12-26-28(2)14-17/h4-5,7,9,12-14,19H,6,8,10-11H2,1-3H3,(H,25,30)/t19-/m1/s1. The molecule has 3 aromatic rings. The molecule has 1 aliphatic heterocycles. The third-order valence-electron chi connectivity index (χ3n) is 5.64. The van der Waals surface area contributed by atoms with E-state index in [0.717, 1.165) is 24.2 Å². The molecule has 2 amide bonds. The Kier molecular flexibility index (Phi) is 6.16. The summed E-state index contributed by atoms with van der Waals surface area (Å²) >= 11 is 0. The molecule has 9 nitrogen and oxygen atoms in total. The number of hydrogen-bond donors (Lipinski definition) is 1. The molecule has 0 radical (unpaired) electrons. The number of amides is 2. The lowest BCUT2D eigenvalue weighted by molar-refractivity contribution is 0.0729. The van der Waals surface area contributed by atoms with E-state index < -0.39 is 0 Å². The van der Waals surface area contributed by atoms with Crippen molar-refractivity contribution < 1.29 is 14.3 Å². The highest BCUT2D eigenvalue weighted by Crippen LogP contribution is 2.31. The van der Waals surface area contributed by atoms with Gasteiger partial charge < -0.3 is 15.0 Å². The van der Waals surface area contributed by atoms with E-state index in [9.17, 15) is 9.59 Å². The number of nitrogens with one attached hydrogen (secondary N) is 1. The van der Waals surface area contributed by atoms with Crippen molar-refractivity contribution in [3.63, 3.8) is 0 Å². The summed E-state index contributed by atoms with van der Waals surface area (Å²) in [5.74, 6) is 0.935. The molecule has 1 saturated heterocycles. The van der Waals surface area contributed by atoms with Crippen molar-refractivity contribution >= 4 is 11.8 Å². The number of rotatable bonds is 6. The first-order valence-corrected chi connectivity index (χ1v) is 10.5.